The number of rotatable bonds is 10. The maximum atomic E-state index is 12.7. The molecule has 1 aromatic carbocycles. The first-order valence-electron chi connectivity index (χ1n) is 10.2. The van der Waals surface area contributed by atoms with Crippen LogP contribution < -0.4 is 16.4 Å². The molecule has 2 amide bonds. The van der Waals surface area contributed by atoms with Gasteiger partial charge in [0.15, 0.2) is 5.69 Å². The van der Waals surface area contributed by atoms with Crippen molar-refractivity contribution in [1.29, 1.82) is 0 Å². The Morgan fingerprint density at radius 3 is 2.45 bits per heavy atom. The highest BCUT2D eigenvalue weighted by Crippen LogP contribution is 2.14. The highest BCUT2D eigenvalue weighted by Gasteiger charge is 2.19. The Balaban J connectivity index is 2.16. The van der Waals surface area contributed by atoms with Crippen LogP contribution in [0.3, 0.4) is 0 Å². The van der Waals surface area contributed by atoms with E-state index in [9.17, 15) is 14.4 Å². The average Bonchev–Trinajstić information content (AvgIpc) is 2.73. The molecule has 2 N–H and O–H groups in total. The zero-order valence-electron chi connectivity index (χ0n) is 17.4. The number of nitrogens with zero attached hydrogens (tertiary/aromatic N) is 2. The van der Waals surface area contributed by atoms with E-state index in [0.29, 0.717) is 17.3 Å². The number of hydrazine groups is 1. The van der Waals surface area contributed by atoms with Gasteiger partial charge in [-0.2, -0.15) is 5.10 Å². The number of thioether (sulfide) groups is 1. The lowest BCUT2D eigenvalue weighted by Gasteiger charge is -2.14. The second-order valence-electron chi connectivity index (χ2n) is 6.94. The maximum absolute atomic E-state index is 12.7. The van der Waals surface area contributed by atoms with Gasteiger partial charge in [0.25, 0.3) is 17.4 Å². The third-order valence-electron chi connectivity index (χ3n) is 4.59. The first-order chi connectivity index (χ1) is 14.0. The Labute approximate surface area is 175 Å². The first kappa shape index (κ1) is 22.9. The largest absolute Gasteiger partial charge is 0.290 e. The molecule has 1 unspecified atom stereocenters. The smallest absolute Gasteiger partial charge is 0.272 e. The van der Waals surface area contributed by atoms with Crippen molar-refractivity contribution in [1.82, 2.24) is 20.6 Å². The summed E-state index contributed by atoms with van der Waals surface area (Å²) in [7, 11) is 0. The summed E-state index contributed by atoms with van der Waals surface area (Å²) in [6, 6.07) is 6.91. The third-order valence-corrected chi connectivity index (χ3v) is 5.83. The Morgan fingerprint density at radius 2 is 1.76 bits per heavy atom. The van der Waals surface area contributed by atoms with Crippen LogP contribution in [-0.2, 0) is 11.3 Å². The van der Waals surface area contributed by atoms with Crippen LogP contribution in [0.25, 0.3) is 10.8 Å². The average molecular weight is 419 g/mol. The van der Waals surface area contributed by atoms with Gasteiger partial charge in [-0.05, 0) is 31.6 Å². The highest BCUT2D eigenvalue weighted by atomic mass is 32.2. The van der Waals surface area contributed by atoms with E-state index in [-0.39, 0.29) is 22.4 Å². The van der Waals surface area contributed by atoms with Gasteiger partial charge in [0.05, 0.1) is 10.6 Å². The van der Waals surface area contributed by atoms with E-state index in [4.69, 9.17) is 0 Å². The number of carbonyl (C=O) groups is 2. The monoisotopic (exact) mass is 418 g/mol. The first-order valence-corrected chi connectivity index (χ1v) is 11.3. The Kier molecular flexibility index (Phi) is 9.18. The fourth-order valence-electron chi connectivity index (χ4n) is 2.83. The SMILES string of the molecule is CCCCCn1nc(C(=O)NNC(=O)C(C)SCCCC)c2ccccc2c1=O. The number of amides is 2. The molecule has 158 valence electrons. The lowest BCUT2D eigenvalue weighted by molar-refractivity contribution is -0.121. The number of aromatic nitrogens is 2. The van der Waals surface area contributed by atoms with Gasteiger partial charge < -0.3 is 0 Å². The molecular formula is C21H30N4O3S. The van der Waals surface area contributed by atoms with Crippen molar-refractivity contribution in [2.45, 2.75) is 64.7 Å². The molecule has 8 heteroatoms. The van der Waals surface area contributed by atoms with Crippen LogP contribution in [0, 0.1) is 0 Å². The van der Waals surface area contributed by atoms with Crippen molar-refractivity contribution in [2.24, 2.45) is 0 Å². The Bertz CT molecular complexity index is 897. The van der Waals surface area contributed by atoms with Gasteiger partial charge in [-0.3, -0.25) is 25.2 Å². The normalized spacial score (nSPS) is 12.0. The molecule has 0 spiro atoms. The topological polar surface area (TPSA) is 93.1 Å². The Hall–Kier alpha value is -2.35. The molecule has 7 nitrogen and oxygen atoms in total. The van der Waals surface area contributed by atoms with E-state index >= 15 is 0 Å². The quantitative estimate of drug-likeness (QED) is 0.456. The predicted molar refractivity (Wildman–Crippen MR) is 118 cm³/mol. The molecule has 1 aromatic heterocycles. The highest BCUT2D eigenvalue weighted by molar-refractivity contribution is 8.00. The lowest BCUT2D eigenvalue weighted by Crippen LogP contribution is -2.45. The van der Waals surface area contributed by atoms with Crippen LogP contribution in [0.1, 0.15) is 63.4 Å². The number of benzene rings is 1. The van der Waals surface area contributed by atoms with Crippen molar-refractivity contribution in [3.63, 3.8) is 0 Å². The van der Waals surface area contributed by atoms with Crippen LogP contribution in [0.5, 0.6) is 0 Å². The van der Waals surface area contributed by atoms with Gasteiger partial charge in [0.2, 0.25) is 0 Å². The molecule has 0 saturated carbocycles. The Morgan fingerprint density at radius 1 is 1.07 bits per heavy atom. The second-order valence-corrected chi connectivity index (χ2v) is 8.39. The van der Waals surface area contributed by atoms with E-state index in [1.165, 1.54) is 4.68 Å². The third kappa shape index (κ3) is 6.32. The number of nitrogens with one attached hydrogen (secondary N) is 2. The summed E-state index contributed by atoms with van der Waals surface area (Å²) in [5.41, 5.74) is 4.84. The van der Waals surface area contributed by atoms with Crippen LogP contribution in [-0.4, -0.2) is 32.6 Å². The van der Waals surface area contributed by atoms with Gasteiger partial charge in [-0.1, -0.05) is 51.3 Å². The zero-order valence-corrected chi connectivity index (χ0v) is 18.2. The molecule has 0 aliphatic heterocycles. The van der Waals surface area contributed by atoms with E-state index in [0.717, 1.165) is 37.9 Å². The molecule has 0 aliphatic carbocycles. The predicted octanol–water partition coefficient (Wildman–Crippen LogP) is 3.27. The molecule has 1 atom stereocenters. The van der Waals surface area contributed by atoms with E-state index in [1.807, 2.05) is 6.92 Å². The second kappa shape index (κ2) is 11.6. The summed E-state index contributed by atoms with van der Waals surface area (Å²) in [5.74, 6) is 0.0955. The van der Waals surface area contributed by atoms with E-state index in [2.05, 4.69) is 29.8 Å². The number of fused-ring (bicyclic) bond motifs is 1. The van der Waals surface area contributed by atoms with Crippen LogP contribution in [0.15, 0.2) is 29.1 Å². The summed E-state index contributed by atoms with van der Waals surface area (Å²) in [5, 5.41) is 4.94. The summed E-state index contributed by atoms with van der Waals surface area (Å²) >= 11 is 1.55. The van der Waals surface area contributed by atoms with Gasteiger partial charge in [-0.15, -0.1) is 11.8 Å². The summed E-state index contributed by atoms with van der Waals surface area (Å²) in [6.45, 7) is 6.45. The minimum Gasteiger partial charge on any atom is -0.272 e. The molecule has 0 radical (unpaired) electrons. The van der Waals surface area contributed by atoms with E-state index < -0.39 is 5.91 Å². The zero-order chi connectivity index (χ0) is 21.2. The fraction of sp³-hybridized carbons (Fsp3) is 0.524. The molecule has 0 saturated heterocycles. The van der Waals surface area contributed by atoms with Crippen molar-refractivity contribution >= 4 is 34.3 Å². The minimum absolute atomic E-state index is 0.128. The van der Waals surface area contributed by atoms with Gasteiger partial charge in [0, 0.05) is 11.9 Å². The number of hydrogen-bond acceptors (Lipinski definition) is 5. The summed E-state index contributed by atoms with van der Waals surface area (Å²) < 4.78 is 1.35. The molecule has 0 fully saturated rings. The van der Waals surface area contributed by atoms with Gasteiger partial charge in [0.1, 0.15) is 0 Å². The molecule has 0 aliphatic rings. The number of unbranched alkanes of at least 4 members (excludes halogenated alkanes) is 3. The van der Waals surface area contributed by atoms with Crippen molar-refractivity contribution in [3.8, 4) is 0 Å². The number of hydrogen-bond donors (Lipinski definition) is 2. The molecule has 2 aromatic rings. The lowest BCUT2D eigenvalue weighted by atomic mass is 10.1. The van der Waals surface area contributed by atoms with Crippen molar-refractivity contribution in [2.75, 3.05) is 5.75 Å². The molecule has 1 heterocycles. The van der Waals surface area contributed by atoms with Gasteiger partial charge in [-0.25, -0.2) is 4.68 Å². The van der Waals surface area contributed by atoms with Crippen LogP contribution in [0.4, 0.5) is 0 Å². The van der Waals surface area contributed by atoms with Crippen molar-refractivity contribution < 1.29 is 9.59 Å². The van der Waals surface area contributed by atoms with Gasteiger partial charge >= 0.3 is 0 Å². The molecule has 2 rings (SSSR count). The molecular weight excluding hydrogens is 388 g/mol. The fourth-order valence-corrected chi connectivity index (χ4v) is 3.84. The summed E-state index contributed by atoms with van der Waals surface area (Å²) in [4.78, 5) is 37.6. The number of carbonyl (C=O) groups excluding carboxylic acids is 2. The number of aryl methyl sites for hydroxylation is 1. The summed E-state index contributed by atoms with van der Waals surface area (Å²) in [6.07, 6.45) is 4.93. The van der Waals surface area contributed by atoms with Crippen LogP contribution in [0.2, 0.25) is 0 Å². The minimum atomic E-state index is -0.537. The maximum Gasteiger partial charge on any atom is 0.290 e. The van der Waals surface area contributed by atoms with Crippen molar-refractivity contribution in [3.05, 3.63) is 40.3 Å². The van der Waals surface area contributed by atoms with E-state index in [1.54, 1.807) is 36.0 Å². The molecule has 29 heavy (non-hydrogen) atoms. The molecule has 0 bridgehead atoms. The standard InChI is InChI=1S/C21H30N4O3S/c1-4-6-10-13-25-21(28)17-12-9-8-11-16(17)18(24-25)20(27)23-22-19(26)15(3)29-14-7-5-2/h8-9,11-12,15H,4-7,10,13-14H2,1-3H3,(H,22,26)(H,23,27). The van der Waals surface area contributed by atoms with Crippen LogP contribution >= 0.6 is 11.8 Å².